The van der Waals surface area contributed by atoms with Crippen molar-refractivity contribution in [1.29, 1.82) is 0 Å². The van der Waals surface area contributed by atoms with Crippen LogP contribution in [0.2, 0.25) is 0 Å². The molecular formula is C18H15N5. The minimum atomic E-state index is 0.522. The van der Waals surface area contributed by atoms with E-state index in [1.807, 2.05) is 48.5 Å². The van der Waals surface area contributed by atoms with Gasteiger partial charge in [-0.3, -0.25) is 0 Å². The lowest BCUT2D eigenvalue weighted by Crippen LogP contribution is -2.01. The average Bonchev–Trinajstić information content (AvgIpc) is 3.11. The van der Waals surface area contributed by atoms with Gasteiger partial charge in [0.05, 0.1) is 5.69 Å². The Labute approximate surface area is 133 Å². The number of benzene rings is 3. The number of fused-ring (bicyclic) bond motifs is 1. The van der Waals surface area contributed by atoms with Gasteiger partial charge in [0.15, 0.2) is 5.82 Å². The van der Waals surface area contributed by atoms with Crippen LogP contribution in [0.15, 0.2) is 66.7 Å². The third-order valence-corrected chi connectivity index (χ3v) is 3.91. The predicted octanol–water partition coefficient (Wildman–Crippen LogP) is 2.94. The molecule has 0 unspecified atom stereocenters. The maximum atomic E-state index is 5.66. The van der Waals surface area contributed by atoms with Gasteiger partial charge in [-0.1, -0.05) is 60.7 Å². The fourth-order valence-electron chi connectivity index (χ4n) is 2.71. The minimum absolute atomic E-state index is 0.522. The Balaban J connectivity index is 1.88. The number of tetrazole rings is 1. The molecule has 0 bridgehead atoms. The first-order valence-corrected chi connectivity index (χ1v) is 7.43. The fourth-order valence-corrected chi connectivity index (χ4v) is 2.71. The Morgan fingerprint density at radius 3 is 2.48 bits per heavy atom. The van der Waals surface area contributed by atoms with Crippen LogP contribution in [0.25, 0.3) is 27.8 Å². The molecule has 0 radical (unpaired) electrons. The molecule has 3 aromatic carbocycles. The second kappa shape index (κ2) is 5.62. The van der Waals surface area contributed by atoms with Crippen molar-refractivity contribution in [3.8, 4) is 17.1 Å². The number of nitrogens with zero attached hydrogens (tertiary/aromatic N) is 4. The van der Waals surface area contributed by atoms with Gasteiger partial charge in [0, 0.05) is 17.5 Å². The van der Waals surface area contributed by atoms with Gasteiger partial charge in [-0.2, -0.15) is 4.68 Å². The molecule has 0 atom stereocenters. The lowest BCUT2D eigenvalue weighted by molar-refractivity contribution is 0.795. The van der Waals surface area contributed by atoms with E-state index in [9.17, 15) is 0 Å². The van der Waals surface area contributed by atoms with Crippen LogP contribution in [0.4, 0.5) is 0 Å². The monoisotopic (exact) mass is 301 g/mol. The lowest BCUT2D eigenvalue weighted by atomic mass is 10.1. The molecular weight excluding hydrogens is 286 g/mol. The fraction of sp³-hybridized carbons (Fsp3) is 0.0556. The van der Waals surface area contributed by atoms with E-state index in [4.69, 9.17) is 5.73 Å². The van der Waals surface area contributed by atoms with Gasteiger partial charge in [-0.15, -0.1) is 5.10 Å². The van der Waals surface area contributed by atoms with Crippen molar-refractivity contribution >= 4 is 10.8 Å². The molecule has 0 saturated heterocycles. The van der Waals surface area contributed by atoms with Gasteiger partial charge in [0.2, 0.25) is 0 Å². The van der Waals surface area contributed by atoms with Gasteiger partial charge in [0.25, 0.3) is 0 Å². The van der Waals surface area contributed by atoms with Crippen LogP contribution in [0, 0.1) is 0 Å². The Morgan fingerprint density at radius 2 is 1.65 bits per heavy atom. The summed E-state index contributed by atoms with van der Waals surface area (Å²) in [6.07, 6.45) is 0. The van der Waals surface area contributed by atoms with Crippen molar-refractivity contribution in [2.75, 3.05) is 0 Å². The van der Waals surface area contributed by atoms with E-state index in [1.165, 1.54) is 0 Å². The summed E-state index contributed by atoms with van der Waals surface area (Å²) >= 11 is 0. The molecule has 0 aliphatic heterocycles. The third kappa shape index (κ3) is 2.37. The van der Waals surface area contributed by atoms with E-state index in [0.717, 1.165) is 27.6 Å². The van der Waals surface area contributed by atoms with E-state index < -0.39 is 0 Å². The van der Waals surface area contributed by atoms with Crippen molar-refractivity contribution in [3.05, 3.63) is 72.3 Å². The van der Waals surface area contributed by atoms with Gasteiger partial charge in [-0.25, -0.2) is 0 Å². The molecule has 4 aromatic rings. The molecule has 5 nitrogen and oxygen atoms in total. The number of rotatable bonds is 3. The maximum Gasteiger partial charge on any atom is 0.187 e. The largest absolute Gasteiger partial charge is 0.326 e. The molecule has 2 N–H and O–H groups in total. The zero-order valence-corrected chi connectivity index (χ0v) is 12.4. The highest BCUT2D eigenvalue weighted by molar-refractivity contribution is 5.90. The first-order chi connectivity index (χ1) is 11.4. The SMILES string of the molecule is NCc1ccc(-c2nnnn2-c2cccc3ccccc23)cc1. The summed E-state index contributed by atoms with van der Waals surface area (Å²) in [6, 6.07) is 22.3. The highest BCUT2D eigenvalue weighted by Gasteiger charge is 2.12. The van der Waals surface area contributed by atoms with E-state index >= 15 is 0 Å². The Kier molecular flexibility index (Phi) is 3.33. The molecule has 5 heteroatoms. The van der Waals surface area contributed by atoms with Crippen LogP contribution in [-0.4, -0.2) is 20.2 Å². The molecule has 0 spiro atoms. The van der Waals surface area contributed by atoms with E-state index in [0.29, 0.717) is 12.4 Å². The minimum Gasteiger partial charge on any atom is -0.326 e. The Bertz CT molecular complexity index is 951. The van der Waals surface area contributed by atoms with Crippen molar-refractivity contribution in [2.24, 2.45) is 5.73 Å². The van der Waals surface area contributed by atoms with Gasteiger partial charge in [-0.05, 0) is 27.4 Å². The van der Waals surface area contributed by atoms with Crippen LogP contribution in [0.5, 0.6) is 0 Å². The van der Waals surface area contributed by atoms with Gasteiger partial charge < -0.3 is 5.73 Å². The van der Waals surface area contributed by atoms with Crippen molar-refractivity contribution in [1.82, 2.24) is 20.2 Å². The summed E-state index contributed by atoms with van der Waals surface area (Å²) in [5.74, 6) is 0.713. The summed E-state index contributed by atoms with van der Waals surface area (Å²) in [6.45, 7) is 0.522. The van der Waals surface area contributed by atoms with Crippen LogP contribution in [0.1, 0.15) is 5.56 Å². The number of hydrogen-bond donors (Lipinski definition) is 1. The summed E-state index contributed by atoms with van der Waals surface area (Å²) in [5, 5.41) is 14.5. The van der Waals surface area contributed by atoms with Gasteiger partial charge in [0.1, 0.15) is 0 Å². The highest BCUT2D eigenvalue weighted by atomic mass is 15.5. The number of aromatic nitrogens is 4. The van der Waals surface area contributed by atoms with Crippen LogP contribution in [0.3, 0.4) is 0 Å². The summed E-state index contributed by atoms with van der Waals surface area (Å²) in [7, 11) is 0. The maximum absolute atomic E-state index is 5.66. The molecule has 0 aliphatic carbocycles. The van der Waals surface area contributed by atoms with Crippen molar-refractivity contribution < 1.29 is 0 Å². The second-order valence-corrected chi connectivity index (χ2v) is 5.31. The van der Waals surface area contributed by atoms with E-state index in [2.05, 4.69) is 33.7 Å². The standard InChI is InChI=1S/C18H15N5/c19-12-13-8-10-15(11-9-13)18-20-21-22-23(18)17-7-3-5-14-4-1-2-6-16(14)17/h1-11H,12,19H2. The predicted molar refractivity (Wildman–Crippen MR) is 90.0 cm³/mol. The number of nitrogens with two attached hydrogens (primary N) is 1. The zero-order valence-electron chi connectivity index (χ0n) is 12.4. The molecule has 0 saturated carbocycles. The lowest BCUT2D eigenvalue weighted by Gasteiger charge is -2.08. The third-order valence-electron chi connectivity index (χ3n) is 3.91. The Morgan fingerprint density at radius 1 is 0.870 bits per heavy atom. The summed E-state index contributed by atoms with van der Waals surface area (Å²) in [4.78, 5) is 0. The molecule has 4 rings (SSSR count). The molecule has 0 amide bonds. The van der Waals surface area contributed by atoms with Gasteiger partial charge >= 0.3 is 0 Å². The van der Waals surface area contributed by atoms with Crippen molar-refractivity contribution in [2.45, 2.75) is 6.54 Å². The average molecular weight is 301 g/mol. The molecule has 1 aromatic heterocycles. The smallest absolute Gasteiger partial charge is 0.187 e. The normalized spacial score (nSPS) is 11.0. The highest BCUT2D eigenvalue weighted by Crippen LogP contribution is 2.25. The van der Waals surface area contributed by atoms with E-state index in [-0.39, 0.29) is 0 Å². The van der Waals surface area contributed by atoms with E-state index in [1.54, 1.807) is 4.68 Å². The summed E-state index contributed by atoms with van der Waals surface area (Å²) in [5.41, 5.74) is 8.66. The second-order valence-electron chi connectivity index (χ2n) is 5.31. The molecule has 1 heterocycles. The topological polar surface area (TPSA) is 69.6 Å². The summed E-state index contributed by atoms with van der Waals surface area (Å²) < 4.78 is 1.78. The van der Waals surface area contributed by atoms with Crippen LogP contribution in [-0.2, 0) is 6.54 Å². The quantitative estimate of drug-likeness (QED) is 0.631. The first kappa shape index (κ1) is 13.6. The molecule has 112 valence electrons. The molecule has 0 aliphatic rings. The van der Waals surface area contributed by atoms with Crippen LogP contribution >= 0.6 is 0 Å². The molecule has 23 heavy (non-hydrogen) atoms. The zero-order chi connectivity index (χ0) is 15.6. The van der Waals surface area contributed by atoms with Crippen molar-refractivity contribution in [3.63, 3.8) is 0 Å². The van der Waals surface area contributed by atoms with Crippen LogP contribution < -0.4 is 5.73 Å². The molecule has 0 fully saturated rings. The number of hydrogen-bond acceptors (Lipinski definition) is 4. The Hall–Kier alpha value is -3.05. The first-order valence-electron chi connectivity index (χ1n) is 7.43.